The second-order valence-electron chi connectivity index (χ2n) is 5.15. The Hall–Kier alpha value is -2.03. The highest BCUT2D eigenvalue weighted by Gasteiger charge is 2.21. The van der Waals surface area contributed by atoms with Gasteiger partial charge in [0.15, 0.2) is 0 Å². The Labute approximate surface area is 112 Å². The highest BCUT2D eigenvalue weighted by atomic mass is 16.5. The number of carbonyl (C=O) groups is 1. The van der Waals surface area contributed by atoms with Gasteiger partial charge in [0.25, 0.3) is 0 Å². The van der Waals surface area contributed by atoms with E-state index in [0.29, 0.717) is 17.9 Å². The molecular weight excluding hydrogens is 238 g/mol. The molecule has 2 N–H and O–H groups in total. The zero-order valence-corrected chi connectivity index (χ0v) is 10.8. The van der Waals surface area contributed by atoms with Gasteiger partial charge in [-0.3, -0.25) is 0 Å². The zero-order valence-electron chi connectivity index (χ0n) is 10.8. The summed E-state index contributed by atoms with van der Waals surface area (Å²) in [7, 11) is 0. The van der Waals surface area contributed by atoms with Crippen LogP contribution in [0.2, 0.25) is 0 Å². The van der Waals surface area contributed by atoms with Crippen LogP contribution in [0.25, 0.3) is 10.8 Å². The fourth-order valence-electron chi connectivity index (χ4n) is 2.24. The van der Waals surface area contributed by atoms with E-state index < -0.39 is 0 Å². The van der Waals surface area contributed by atoms with Crippen LogP contribution in [0.15, 0.2) is 36.4 Å². The molecule has 98 valence electrons. The minimum absolute atomic E-state index is 0.316. The average Bonchev–Trinajstić information content (AvgIpc) is 3.22. The Morgan fingerprint density at radius 1 is 1.21 bits per heavy atom. The molecule has 0 aromatic heterocycles. The molecule has 1 fully saturated rings. The first kappa shape index (κ1) is 12.0. The fourth-order valence-corrected chi connectivity index (χ4v) is 2.24. The molecule has 0 aliphatic heterocycles. The number of benzene rings is 2. The lowest BCUT2D eigenvalue weighted by Gasteiger charge is -2.08. The molecule has 0 amide bonds. The van der Waals surface area contributed by atoms with Gasteiger partial charge < -0.3 is 10.5 Å². The summed E-state index contributed by atoms with van der Waals surface area (Å²) in [6, 6.07) is 11.5. The number of carbonyl (C=O) groups excluding carboxylic acids is 1. The van der Waals surface area contributed by atoms with Crippen LogP contribution in [0.3, 0.4) is 0 Å². The summed E-state index contributed by atoms with van der Waals surface area (Å²) in [6.07, 6.45) is 3.52. The van der Waals surface area contributed by atoms with Gasteiger partial charge in [0.05, 0.1) is 12.2 Å². The molecule has 0 atom stereocenters. The van der Waals surface area contributed by atoms with Crippen LogP contribution in [-0.4, -0.2) is 12.6 Å². The van der Waals surface area contributed by atoms with Gasteiger partial charge in [0.1, 0.15) is 0 Å². The van der Waals surface area contributed by atoms with Crippen LogP contribution in [0.1, 0.15) is 29.6 Å². The van der Waals surface area contributed by atoms with Crippen LogP contribution in [-0.2, 0) is 4.74 Å². The van der Waals surface area contributed by atoms with Crippen molar-refractivity contribution in [1.82, 2.24) is 0 Å². The first-order chi connectivity index (χ1) is 9.24. The summed E-state index contributed by atoms with van der Waals surface area (Å²) in [5.74, 6) is 0.450. The summed E-state index contributed by atoms with van der Waals surface area (Å²) in [4.78, 5) is 12.0. The molecule has 0 spiro atoms. The minimum Gasteiger partial charge on any atom is -0.462 e. The molecule has 3 nitrogen and oxygen atoms in total. The van der Waals surface area contributed by atoms with E-state index in [1.807, 2.05) is 36.4 Å². The minimum atomic E-state index is -0.316. The number of esters is 1. The normalized spacial score (nSPS) is 14.5. The van der Waals surface area contributed by atoms with Gasteiger partial charge in [-0.15, -0.1) is 0 Å². The summed E-state index contributed by atoms with van der Waals surface area (Å²) in [5.41, 5.74) is 6.88. The van der Waals surface area contributed by atoms with Crippen molar-refractivity contribution in [3.63, 3.8) is 0 Å². The summed E-state index contributed by atoms with van der Waals surface area (Å²) in [5, 5.41) is 2.04. The third-order valence-electron chi connectivity index (χ3n) is 3.59. The maximum absolute atomic E-state index is 12.0. The van der Waals surface area contributed by atoms with E-state index in [9.17, 15) is 4.79 Å². The van der Waals surface area contributed by atoms with Crippen molar-refractivity contribution < 1.29 is 9.53 Å². The summed E-state index contributed by atoms with van der Waals surface area (Å²) >= 11 is 0. The fraction of sp³-hybridized carbons (Fsp3) is 0.312. The topological polar surface area (TPSA) is 52.3 Å². The Bertz CT molecular complexity index is 617. The summed E-state index contributed by atoms with van der Waals surface area (Å²) < 4.78 is 5.29. The van der Waals surface area contributed by atoms with E-state index >= 15 is 0 Å². The van der Waals surface area contributed by atoms with Crippen molar-refractivity contribution in [2.75, 3.05) is 12.3 Å². The van der Waals surface area contributed by atoms with Gasteiger partial charge in [-0.2, -0.15) is 0 Å². The first-order valence-electron chi connectivity index (χ1n) is 6.69. The highest BCUT2D eigenvalue weighted by Crippen LogP contribution is 2.32. The molecule has 1 aliphatic carbocycles. The van der Waals surface area contributed by atoms with Crippen molar-refractivity contribution >= 4 is 22.4 Å². The number of rotatable bonds is 4. The quantitative estimate of drug-likeness (QED) is 0.673. The number of fused-ring (bicyclic) bond motifs is 1. The lowest BCUT2D eigenvalue weighted by molar-refractivity contribution is 0.0496. The van der Waals surface area contributed by atoms with Crippen LogP contribution in [0.4, 0.5) is 5.69 Å². The highest BCUT2D eigenvalue weighted by molar-refractivity contribution is 6.01. The SMILES string of the molecule is Nc1cc2ccccc2cc1C(=O)OCCC1CC1. The van der Waals surface area contributed by atoms with Gasteiger partial charge in [-0.25, -0.2) is 4.79 Å². The summed E-state index contributed by atoms with van der Waals surface area (Å²) in [6.45, 7) is 0.496. The van der Waals surface area contributed by atoms with E-state index in [-0.39, 0.29) is 5.97 Å². The number of hydrogen-bond donors (Lipinski definition) is 1. The maximum Gasteiger partial charge on any atom is 0.340 e. The van der Waals surface area contributed by atoms with Crippen LogP contribution in [0, 0.1) is 5.92 Å². The first-order valence-corrected chi connectivity index (χ1v) is 6.69. The monoisotopic (exact) mass is 255 g/mol. The molecule has 1 saturated carbocycles. The molecule has 19 heavy (non-hydrogen) atoms. The number of hydrogen-bond acceptors (Lipinski definition) is 3. The lowest BCUT2D eigenvalue weighted by atomic mass is 10.1. The maximum atomic E-state index is 12.0. The zero-order chi connectivity index (χ0) is 13.2. The molecule has 2 aromatic rings. The third kappa shape index (κ3) is 2.70. The molecule has 1 aliphatic rings. The van der Waals surface area contributed by atoms with Crippen molar-refractivity contribution in [2.45, 2.75) is 19.3 Å². The van der Waals surface area contributed by atoms with E-state index in [0.717, 1.165) is 23.1 Å². The van der Waals surface area contributed by atoms with Crippen molar-refractivity contribution in [2.24, 2.45) is 5.92 Å². The van der Waals surface area contributed by atoms with E-state index in [2.05, 4.69) is 0 Å². The molecular formula is C16H17NO2. The number of nitrogens with two attached hydrogens (primary N) is 1. The lowest BCUT2D eigenvalue weighted by Crippen LogP contribution is -2.09. The van der Waals surface area contributed by atoms with Gasteiger partial charge in [-0.1, -0.05) is 37.1 Å². The molecule has 0 unspecified atom stereocenters. The Morgan fingerprint density at radius 2 is 1.89 bits per heavy atom. The molecule has 0 saturated heterocycles. The van der Waals surface area contributed by atoms with Crippen molar-refractivity contribution in [1.29, 1.82) is 0 Å². The van der Waals surface area contributed by atoms with Gasteiger partial charge in [0, 0.05) is 5.69 Å². The molecule has 3 heteroatoms. The van der Waals surface area contributed by atoms with Crippen molar-refractivity contribution in [3.05, 3.63) is 42.0 Å². The number of anilines is 1. The molecule has 3 rings (SSSR count). The van der Waals surface area contributed by atoms with Gasteiger partial charge in [0.2, 0.25) is 0 Å². The molecule has 2 aromatic carbocycles. The molecule has 0 radical (unpaired) electrons. The van der Waals surface area contributed by atoms with Crippen molar-refractivity contribution in [3.8, 4) is 0 Å². The second kappa shape index (κ2) is 4.92. The van der Waals surface area contributed by atoms with E-state index in [4.69, 9.17) is 10.5 Å². The number of ether oxygens (including phenoxy) is 1. The average molecular weight is 255 g/mol. The molecule has 0 heterocycles. The smallest absolute Gasteiger partial charge is 0.340 e. The Kier molecular flexibility index (Phi) is 3.11. The van der Waals surface area contributed by atoms with Crippen LogP contribution in [0.5, 0.6) is 0 Å². The standard InChI is InChI=1S/C16H17NO2/c17-15-10-13-4-2-1-3-12(13)9-14(15)16(18)19-8-7-11-5-6-11/h1-4,9-11H,5-8,17H2. The molecule has 0 bridgehead atoms. The Morgan fingerprint density at radius 3 is 2.58 bits per heavy atom. The predicted octanol–water partition coefficient (Wildman–Crippen LogP) is 3.38. The van der Waals surface area contributed by atoms with Crippen LogP contribution < -0.4 is 5.73 Å². The second-order valence-corrected chi connectivity index (χ2v) is 5.15. The van der Waals surface area contributed by atoms with E-state index in [1.54, 1.807) is 0 Å². The van der Waals surface area contributed by atoms with Crippen LogP contribution >= 0.6 is 0 Å². The number of nitrogen functional groups attached to an aromatic ring is 1. The Balaban J connectivity index is 1.78. The van der Waals surface area contributed by atoms with Gasteiger partial charge >= 0.3 is 5.97 Å². The van der Waals surface area contributed by atoms with Gasteiger partial charge in [-0.05, 0) is 35.2 Å². The largest absolute Gasteiger partial charge is 0.462 e. The predicted molar refractivity (Wildman–Crippen MR) is 76.0 cm³/mol. The van der Waals surface area contributed by atoms with E-state index in [1.165, 1.54) is 12.8 Å². The third-order valence-corrected chi connectivity index (χ3v) is 3.59.